The van der Waals surface area contributed by atoms with Crippen molar-refractivity contribution in [2.24, 2.45) is 5.92 Å². The van der Waals surface area contributed by atoms with Gasteiger partial charge in [-0.1, -0.05) is 126 Å². The minimum absolute atomic E-state index is 0.0318. The van der Waals surface area contributed by atoms with Gasteiger partial charge in [0, 0.05) is 12.3 Å². The van der Waals surface area contributed by atoms with E-state index in [1.165, 1.54) is 0 Å². The highest BCUT2D eigenvalue weighted by molar-refractivity contribution is 6.74. The van der Waals surface area contributed by atoms with E-state index in [2.05, 4.69) is 133 Å². The van der Waals surface area contributed by atoms with E-state index in [1.54, 1.807) is 24.7 Å². The molecule has 54 heavy (non-hydrogen) atoms. The number of anilines is 1. The zero-order valence-corrected chi connectivity index (χ0v) is 33.2. The van der Waals surface area contributed by atoms with Crippen molar-refractivity contribution in [2.75, 3.05) is 5.32 Å². The molecule has 1 fully saturated rings. The van der Waals surface area contributed by atoms with Crippen molar-refractivity contribution in [3.05, 3.63) is 124 Å². The van der Waals surface area contributed by atoms with Gasteiger partial charge in [-0.05, 0) is 47.7 Å². The Balaban J connectivity index is 1.58. The molecule has 11 nitrogen and oxygen atoms in total. The molecule has 0 radical (unpaired) electrons. The molecule has 3 N–H and O–H groups in total. The lowest BCUT2D eigenvalue weighted by Gasteiger charge is -2.44. The number of nitriles is 1. The number of rotatable bonds is 13. The molecule has 0 unspecified atom stereocenters. The second-order valence-electron chi connectivity index (χ2n) is 15.9. The number of aromatic nitrogens is 4. The summed E-state index contributed by atoms with van der Waals surface area (Å²) in [6, 6.07) is 33.1. The fourth-order valence-corrected chi connectivity index (χ4v) is 8.20. The first-order valence-corrected chi connectivity index (χ1v) is 21.6. The maximum atomic E-state index is 13.4. The lowest BCUT2D eigenvalue weighted by atomic mass is 9.76. The Labute approximate surface area is 318 Å². The van der Waals surface area contributed by atoms with Crippen LogP contribution in [0.25, 0.3) is 11.2 Å². The summed E-state index contributed by atoms with van der Waals surface area (Å²) in [6.45, 7) is 14.6. The van der Waals surface area contributed by atoms with E-state index in [0.29, 0.717) is 19.3 Å². The molecule has 5 aromatic rings. The van der Waals surface area contributed by atoms with E-state index in [-0.39, 0.29) is 34.0 Å². The van der Waals surface area contributed by atoms with Gasteiger partial charge < -0.3 is 9.16 Å². The molecule has 0 aliphatic carbocycles. The van der Waals surface area contributed by atoms with Gasteiger partial charge in [-0.3, -0.25) is 29.8 Å². The van der Waals surface area contributed by atoms with Gasteiger partial charge in [-0.2, -0.15) is 10.2 Å². The zero-order valence-electron chi connectivity index (χ0n) is 32.2. The number of carbonyl (C=O) groups is 1. The summed E-state index contributed by atoms with van der Waals surface area (Å²) in [7, 11) is -2.52. The average Bonchev–Trinajstić information content (AvgIpc) is 3.72. The number of carbonyl (C=O) groups excluding carboxylic acids is 1. The normalized spacial score (nSPS) is 19.2. The minimum atomic E-state index is -2.52. The molecule has 0 saturated carbocycles. The maximum Gasteiger partial charge on any atom is 0.280 e. The van der Waals surface area contributed by atoms with Crippen LogP contribution in [0.5, 0.6) is 0 Å². The number of nitrogens with zero attached hydrogens (tertiary/aromatic N) is 4. The third-order valence-corrected chi connectivity index (χ3v) is 15.3. The molecule has 3 heterocycles. The molecular formula is C42H51N7O4Si. The number of hydrogen-bond acceptors (Lipinski definition) is 8. The number of amides is 1. The number of aromatic amines is 1. The number of unbranched alkanes of at least 4 members (excludes halogenated alkanes) is 1. The van der Waals surface area contributed by atoms with Crippen LogP contribution in [0.3, 0.4) is 0 Å². The fraction of sp³-hybridized carbons (Fsp3) is 0.405. The predicted molar refractivity (Wildman–Crippen MR) is 213 cm³/mol. The maximum absolute atomic E-state index is 13.4. The van der Waals surface area contributed by atoms with Crippen LogP contribution in [-0.4, -0.2) is 52.0 Å². The third kappa shape index (κ3) is 7.68. The van der Waals surface area contributed by atoms with E-state index >= 15 is 0 Å². The number of imidazole rings is 1. The van der Waals surface area contributed by atoms with Gasteiger partial charge in [-0.25, -0.2) is 4.98 Å². The summed E-state index contributed by atoms with van der Waals surface area (Å²) in [4.78, 5) is 37.9. The van der Waals surface area contributed by atoms with Gasteiger partial charge in [0.1, 0.15) is 6.10 Å². The molecule has 1 aliphatic heterocycles. The summed E-state index contributed by atoms with van der Waals surface area (Å²) in [5.74, 6) is -0.568. The Morgan fingerprint density at radius 1 is 0.981 bits per heavy atom. The summed E-state index contributed by atoms with van der Waals surface area (Å²) >= 11 is 0. The molecule has 282 valence electrons. The lowest BCUT2D eigenvalue weighted by Crippen LogP contribution is -2.58. The van der Waals surface area contributed by atoms with Crippen LogP contribution in [0.2, 0.25) is 18.1 Å². The topological polar surface area (TPSA) is 147 Å². The fourth-order valence-electron chi connectivity index (χ4n) is 6.90. The van der Waals surface area contributed by atoms with Gasteiger partial charge >= 0.3 is 0 Å². The second kappa shape index (κ2) is 15.8. The van der Waals surface area contributed by atoms with Crippen molar-refractivity contribution >= 4 is 31.3 Å². The number of benzene rings is 3. The minimum Gasteiger partial charge on any atom is -0.408 e. The zero-order chi connectivity index (χ0) is 38.7. The van der Waals surface area contributed by atoms with Crippen molar-refractivity contribution in [3.63, 3.8) is 0 Å². The number of hydrogen-bond donors (Lipinski definition) is 3. The van der Waals surface area contributed by atoms with Crippen LogP contribution in [0.4, 0.5) is 5.95 Å². The molecular weight excluding hydrogens is 695 g/mol. The number of fused-ring (bicyclic) bond motifs is 1. The molecule has 0 spiro atoms. The summed E-state index contributed by atoms with van der Waals surface area (Å²) in [5, 5.41) is 16.4. The standard InChI is InChI=1S/C42H51N7O4Si/c1-28(2)37(50)46-40-45-36-34(38(51)47-40)44-27-49(36)39-35(53-54(6,7)41(3,4)5)33(32(52-39)25-17-18-26-43)48-42(29-19-11-8-12-20-29,30-21-13-9-14-22-30)31-23-15-10-16-24-31/h8-16,19-24,27-28,32-33,35,39,48H,17-18,25H2,1-7H3,(H2,45,46,47,50,51)/t32-,33+,35+,39+/m0/s1. The van der Waals surface area contributed by atoms with Crippen LogP contribution in [0.15, 0.2) is 102 Å². The quantitative estimate of drug-likeness (QED) is 0.0633. The molecule has 1 saturated heterocycles. The Hall–Kier alpha value is -4.93. The van der Waals surface area contributed by atoms with Crippen molar-refractivity contribution in [1.29, 1.82) is 5.26 Å². The number of nitrogens with one attached hydrogen (secondary N) is 3. The smallest absolute Gasteiger partial charge is 0.280 e. The van der Waals surface area contributed by atoms with E-state index in [1.807, 2.05) is 18.2 Å². The van der Waals surface area contributed by atoms with Gasteiger partial charge in [-0.15, -0.1) is 0 Å². The highest BCUT2D eigenvalue weighted by atomic mass is 28.4. The third-order valence-electron chi connectivity index (χ3n) is 10.8. The van der Waals surface area contributed by atoms with Crippen molar-refractivity contribution in [2.45, 2.75) is 102 Å². The first-order chi connectivity index (χ1) is 25.8. The van der Waals surface area contributed by atoms with Crippen LogP contribution >= 0.6 is 0 Å². The first kappa shape index (κ1) is 38.8. The van der Waals surface area contributed by atoms with E-state index in [4.69, 9.17) is 14.1 Å². The Morgan fingerprint density at radius 3 is 2.04 bits per heavy atom. The summed E-state index contributed by atoms with van der Waals surface area (Å²) < 4.78 is 16.3. The molecule has 2 aromatic heterocycles. The molecule has 1 amide bonds. The number of H-pyrrole nitrogens is 1. The van der Waals surface area contributed by atoms with Crippen molar-refractivity contribution in [1.82, 2.24) is 24.8 Å². The monoisotopic (exact) mass is 745 g/mol. The van der Waals surface area contributed by atoms with Crippen molar-refractivity contribution < 1.29 is 14.0 Å². The van der Waals surface area contributed by atoms with E-state index < -0.39 is 43.9 Å². The van der Waals surface area contributed by atoms with Crippen LogP contribution in [-0.2, 0) is 19.5 Å². The van der Waals surface area contributed by atoms with Crippen molar-refractivity contribution in [3.8, 4) is 6.07 Å². The highest BCUT2D eigenvalue weighted by Gasteiger charge is 2.54. The van der Waals surface area contributed by atoms with Crippen LogP contribution in [0.1, 0.15) is 76.8 Å². The number of ether oxygens (including phenoxy) is 1. The van der Waals surface area contributed by atoms with Gasteiger partial charge in [0.2, 0.25) is 11.9 Å². The first-order valence-electron chi connectivity index (χ1n) is 18.7. The van der Waals surface area contributed by atoms with Gasteiger partial charge in [0.05, 0.1) is 30.1 Å². The molecule has 3 aromatic carbocycles. The van der Waals surface area contributed by atoms with Crippen LogP contribution in [0, 0.1) is 17.2 Å². The van der Waals surface area contributed by atoms with Gasteiger partial charge in [0.25, 0.3) is 5.56 Å². The van der Waals surface area contributed by atoms with Crippen LogP contribution < -0.4 is 16.2 Å². The van der Waals surface area contributed by atoms with E-state index in [9.17, 15) is 14.9 Å². The summed E-state index contributed by atoms with van der Waals surface area (Å²) in [6.07, 6.45) is 1.34. The Morgan fingerprint density at radius 2 is 1.54 bits per heavy atom. The Bertz CT molecular complexity index is 2040. The predicted octanol–water partition coefficient (Wildman–Crippen LogP) is 7.65. The largest absolute Gasteiger partial charge is 0.408 e. The SMILES string of the molecule is CC(C)C(=O)Nc1nc2c(ncn2[C@@H]2O[C@@H](CCCC#N)[C@@H](NC(c3ccccc3)(c3ccccc3)c3ccccc3)[C@H]2O[Si](C)(C)C(C)(C)C)c(=O)[nH]1. The van der Waals surface area contributed by atoms with Gasteiger partial charge in [0.15, 0.2) is 25.7 Å². The molecule has 4 atom stereocenters. The molecule has 0 bridgehead atoms. The summed E-state index contributed by atoms with van der Waals surface area (Å²) in [5.41, 5.74) is 2.18. The Kier molecular flexibility index (Phi) is 11.4. The second-order valence-corrected chi connectivity index (χ2v) is 20.6. The molecule has 6 rings (SSSR count). The average molecular weight is 746 g/mol. The molecule has 12 heteroatoms. The highest BCUT2D eigenvalue weighted by Crippen LogP contribution is 2.46. The lowest BCUT2D eigenvalue weighted by molar-refractivity contribution is -0.118. The van der Waals surface area contributed by atoms with E-state index in [0.717, 1.165) is 16.7 Å². The molecule has 1 aliphatic rings.